The molecule has 43 heavy (non-hydrogen) atoms. The van der Waals surface area contributed by atoms with Gasteiger partial charge in [0.25, 0.3) is 11.8 Å². The standard InChI is InChI=1S/C31H40N6O6/c1-18-13-30(18,4)16-29(2,3)17-43-22-10-8-20(9-11-22)35-27(42)31(14-23(31)26(40)41)37-24(38)15-34-25(39)19-6-5-7-21(12-19)36-28(32)33/h5-12,18,23H,13-17H2,1-4H3,(H,34,39)(H,35,42)(H,37,38)(H,40,41)(H4,32,33,36)/t18-,23-,30?,31?/m0/s1. The number of nitrogens with two attached hydrogens (primary N) is 2. The number of carbonyl (C=O) groups is 4. The van der Waals surface area contributed by atoms with Gasteiger partial charge >= 0.3 is 5.97 Å². The first kappa shape index (κ1) is 31.3. The number of rotatable bonds is 13. The molecule has 0 heterocycles. The first-order chi connectivity index (χ1) is 20.1. The summed E-state index contributed by atoms with van der Waals surface area (Å²) in [4.78, 5) is 54.1. The van der Waals surface area contributed by atoms with Crippen LogP contribution in [0.3, 0.4) is 0 Å². The number of ether oxygens (including phenoxy) is 1. The maximum absolute atomic E-state index is 13.2. The van der Waals surface area contributed by atoms with E-state index >= 15 is 0 Å². The van der Waals surface area contributed by atoms with Gasteiger partial charge in [0.05, 0.1) is 24.8 Å². The first-order valence-corrected chi connectivity index (χ1v) is 14.2. The molecule has 2 unspecified atom stereocenters. The SMILES string of the molecule is C[C@H]1CC1(C)CC(C)(C)COc1ccc(NC(=O)C2(NC(=O)CNC(=O)c3cccc(N=C(N)N)c3)C[C@H]2C(=O)O)cc1. The number of amides is 3. The zero-order chi connectivity index (χ0) is 31.6. The van der Waals surface area contributed by atoms with Crippen LogP contribution >= 0.6 is 0 Å². The normalized spacial score (nSPS) is 23.8. The summed E-state index contributed by atoms with van der Waals surface area (Å²) in [5.74, 6) is -3.06. The Hall–Kier alpha value is -4.61. The number of guanidine groups is 1. The topological polar surface area (TPSA) is 198 Å². The second kappa shape index (κ2) is 11.9. The van der Waals surface area contributed by atoms with Gasteiger partial charge in [-0.1, -0.05) is 33.8 Å². The van der Waals surface area contributed by atoms with Gasteiger partial charge in [-0.15, -0.1) is 0 Å². The zero-order valence-electron chi connectivity index (χ0n) is 24.9. The molecule has 0 saturated heterocycles. The minimum atomic E-state index is -1.64. The van der Waals surface area contributed by atoms with Crippen LogP contribution in [0.5, 0.6) is 5.75 Å². The number of aliphatic carboxylic acids is 1. The van der Waals surface area contributed by atoms with Crippen molar-refractivity contribution in [2.45, 2.75) is 52.5 Å². The third-order valence-corrected chi connectivity index (χ3v) is 8.23. The summed E-state index contributed by atoms with van der Waals surface area (Å²) in [5, 5.41) is 17.2. The lowest BCUT2D eigenvalue weighted by Crippen LogP contribution is -2.51. The minimum absolute atomic E-state index is 0.00585. The fourth-order valence-corrected chi connectivity index (χ4v) is 5.62. The lowest BCUT2D eigenvalue weighted by Gasteiger charge is -2.28. The Morgan fingerprint density at radius 2 is 1.77 bits per heavy atom. The fraction of sp³-hybridized carbons (Fsp3) is 0.452. The van der Waals surface area contributed by atoms with Crippen LogP contribution < -0.4 is 32.2 Å². The summed E-state index contributed by atoms with van der Waals surface area (Å²) < 4.78 is 6.02. The van der Waals surface area contributed by atoms with E-state index < -0.39 is 41.7 Å². The number of hydrogen-bond acceptors (Lipinski definition) is 6. The van der Waals surface area contributed by atoms with Gasteiger partial charge in [0.2, 0.25) is 5.91 Å². The van der Waals surface area contributed by atoms with Crippen LogP contribution in [-0.2, 0) is 14.4 Å². The van der Waals surface area contributed by atoms with Gasteiger partial charge in [0.1, 0.15) is 11.3 Å². The molecule has 2 aliphatic rings. The van der Waals surface area contributed by atoms with Crippen molar-refractivity contribution in [3.63, 3.8) is 0 Å². The molecule has 3 amide bonds. The monoisotopic (exact) mass is 592 g/mol. The van der Waals surface area contributed by atoms with Gasteiger partial charge in [0.15, 0.2) is 5.96 Å². The molecule has 12 heteroatoms. The minimum Gasteiger partial charge on any atom is -0.493 e. The van der Waals surface area contributed by atoms with Gasteiger partial charge in [-0.25, -0.2) is 4.99 Å². The second-order valence-electron chi connectivity index (χ2n) is 12.8. The highest BCUT2D eigenvalue weighted by Crippen LogP contribution is 2.58. The Balaban J connectivity index is 1.31. The van der Waals surface area contributed by atoms with Gasteiger partial charge < -0.3 is 37.3 Å². The van der Waals surface area contributed by atoms with E-state index in [-0.39, 0.29) is 23.4 Å². The Morgan fingerprint density at radius 3 is 2.35 bits per heavy atom. The lowest BCUT2D eigenvalue weighted by molar-refractivity contribution is -0.140. The number of nitrogens with zero attached hydrogens (tertiary/aromatic N) is 1. The summed E-state index contributed by atoms with van der Waals surface area (Å²) in [6, 6.07) is 12.9. The number of nitrogens with one attached hydrogen (secondary N) is 3. The summed E-state index contributed by atoms with van der Waals surface area (Å²) in [5.41, 5.74) is 10.5. The van der Waals surface area contributed by atoms with E-state index in [1.807, 2.05) is 0 Å². The molecule has 230 valence electrons. The summed E-state index contributed by atoms with van der Waals surface area (Å²) in [7, 11) is 0. The molecule has 0 bridgehead atoms. The van der Waals surface area contributed by atoms with Crippen molar-refractivity contribution >= 4 is 41.0 Å². The summed E-state index contributed by atoms with van der Waals surface area (Å²) in [6.45, 7) is 9.04. The molecular formula is C31H40N6O6. The molecule has 4 rings (SSSR count). The van der Waals surface area contributed by atoms with Crippen LogP contribution in [0.2, 0.25) is 0 Å². The van der Waals surface area contributed by atoms with E-state index in [2.05, 4.69) is 48.6 Å². The highest BCUT2D eigenvalue weighted by molar-refractivity contribution is 6.07. The molecule has 2 aromatic carbocycles. The smallest absolute Gasteiger partial charge is 0.309 e. The predicted octanol–water partition coefficient (Wildman–Crippen LogP) is 2.76. The van der Waals surface area contributed by atoms with Crippen LogP contribution in [-0.4, -0.2) is 53.4 Å². The number of anilines is 1. The highest BCUT2D eigenvalue weighted by atomic mass is 16.5. The molecule has 0 aliphatic heterocycles. The third-order valence-electron chi connectivity index (χ3n) is 8.23. The maximum Gasteiger partial charge on any atom is 0.309 e. The zero-order valence-corrected chi connectivity index (χ0v) is 24.9. The van der Waals surface area contributed by atoms with Crippen LogP contribution in [0.15, 0.2) is 53.5 Å². The van der Waals surface area contributed by atoms with Crippen molar-refractivity contribution in [3.05, 3.63) is 54.1 Å². The summed E-state index contributed by atoms with van der Waals surface area (Å²) in [6.07, 6.45) is 2.23. The molecule has 2 aromatic rings. The largest absolute Gasteiger partial charge is 0.493 e. The lowest BCUT2D eigenvalue weighted by atomic mass is 9.81. The van der Waals surface area contributed by atoms with Gasteiger partial charge in [-0.05, 0) is 78.5 Å². The molecule has 0 aromatic heterocycles. The fourth-order valence-electron chi connectivity index (χ4n) is 5.62. The molecule has 2 fully saturated rings. The number of hydrogen-bond donors (Lipinski definition) is 6. The molecule has 0 radical (unpaired) electrons. The molecular weight excluding hydrogens is 552 g/mol. The number of aliphatic imine (C=N–C) groups is 1. The number of carboxylic acids is 1. The number of carboxylic acid groups (broad SMARTS) is 1. The van der Waals surface area contributed by atoms with E-state index in [0.29, 0.717) is 29.1 Å². The van der Waals surface area contributed by atoms with Crippen LogP contribution in [0.4, 0.5) is 11.4 Å². The van der Waals surface area contributed by atoms with Crippen molar-refractivity contribution < 1.29 is 29.0 Å². The Bertz CT molecular complexity index is 1440. The van der Waals surface area contributed by atoms with Gasteiger partial charge in [-0.2, -0.15) is 0 Å². The first-order valence-electron chi connectivity index (χ1n) is 14.2. The molecule has 4 atom stereocenters. The molecule has 0 spiro atoms. The molecule has 12 nitrogen and oxygen atoms in total. The number of carbonyl (C=O) groups excluding carboxylic acids is 3. The molecule has 2 saturated carbocycles. The Kier molecular flexibility index (Phi) is 8.70. The van der Waals surface area contributed by atoms with Crippen molar-refractivity contribution in [1.29, 1.82) is 0 Å². The quantitative estimate of drug-likeness (QED) is 0.151. The van der Waals surface area contributed by atoms with Crippen LogP contribution in [0.1, 0.15) is 57.3 Å². The van der Waals surface area contributed by atoms with E-state index in [9.17, 15) is 24.3 Å². The van der Waals surface area contributed by atoms with E-state index in [4.69, 9.17) is 16.2 Å². The predicted molar refractivity (Wildman–Crippen MR) is 162 cm³/mol. The van der Waals surface area contributed by atoms with Crippen LogP contribution in [0, 0.1) is 22.7 Å². The Morgan fingerprint density at radius 1 is 1.09 bits per heavy atom. The average molecular weight is 593 g/mol. The van der Waals surface area contributed by atoms with Crippen molar-refractivity contribution in [2.75, 3.05) is 18.5 Å². The van der Waals surface area contributed by atoms with Gasteiger partial charge in [-0.3, -0.25) is 19.2 Å². The van der Waals surface area contributed by atoms with Crippen molar-refractivity contribution in [3.8, 4) is 5.75 Å². The van der Waals surface area contributed by atoms with Gasteiger partial charge in [0, 0.05) is 11.3 Å². The molecule has 8 N–H and O–H groups in total. The van der Waals surface area contributed by atoms with Crippen molar-refractivity contribution in [1.82, 2.24) is 10.6 Å². The highest BCUT2D eigenvalue weighted by Gasteiger charge is 2.65. The van der Waals surface area contributed by atoms with E-state index in [1.165, 1.54) is 18.6 Å². The Labute approximate surface area is 250 Å². The number of benzene rings is 2. The average Bonchev–Trinajstić information content (AvgIpc) is 3.80. The second-order valence-corrected chi connectivity index (χ2v) is 12.8. The third kappa shape index (κ3) is 7.82. The van der Waals surface area contributed by atoms with E-state index in [1.54, 1.807) is 36.4 Å². The molecule has 2 aliphatic carbocycles. The van der Waals surface area contributed by atoms with Crippen molar-refractivity contribution in [2.24, 2.45) is 39.1 Å². The summed E-state index contributed by atoms with van der Waals surface area (Å²) >= 11 is 0. The maximum atomic E-state index is 13.2. The van der Waals surface area contributed by atoms with Crippen LogP contribution in [0.25, 0.3) is 0 Å². The van der Waals surface area contributed by atoms with E-state index in [0.717, 1.165) is 12.3 Å².